The summed E-state index contributed by atoms with van der Waals surface area (Å²) in [7, 11) is 3.17. The Morgan fingerprint density at radius 3 is 2.62 bits per heavy atom. The maximum absolute atomic E-state index is 9.86. The molecule has 0 heterocycles. The minimum atomic E-state index is -0.572. The van der Waals surface area contributed by atoms with E-state index in [0.717, 1.165) is 11.3 Å². The summed E-state index contributed by atoms with van der Waals surface area (Å²) in [5.41, 5.74) is 0.881. The van der Waals surface area contributed by atoms with E-state index in [4.69, 9.17) is 21.1 Å². The first-order valence-electron chi connectivity index (χ1n) is 5.11. The third kappa shape index (κ3) is 3.37. The second-order valence-electron chi connectivity index (χ2n) is 3.67. The van der Waals surface area contributed by atoms with Crippen molar-refractivity contribution < 1.29 is 14.6 Å². The second-order valence-corrected chi connectivity index (χ2v) is 4.10. The zero-order chi connectivity index (χ0) is 12.1. The predicted octanol–water partition coefficient (Wildman–Crippen LogP) is 2.29. The van der Waals surface area contributed by atoms with Gasteiger partial charge < -0.3 is 14.6 Å². The molecule has 0 spiro atoms. The van der Waals surface area contributed by atoms with Crippen LogP contribution in [0.3, 0.4) is 0 Å². The van der Waals surface area contributed by atoms with E-state index in [-0.39, 0.29) is 6.10 Å². The highest BCUT2D eigenvalue weighted by Crippen LogP contribution is 2.24. The number of hydrogen-bond donors (Lipinski definition) is 1. The molecule has 90 valence electrons. The van der Waals surface area contributed by atoms with Crippen LogP contribution in [-0.2, 0) is 11.2 Å². The first-order valence-corrected chi connectivity index (χ1v) is 5.49. The number of aliphatic hydroxyl groups excluding tert-OH is 1. The molecule has 16 heavy (non-hydrogen) atoms. The van der Waals surface area contributed by atoms with Gasteiger partial charge in [0.05, 0.1) is 19.3 Å². The van der Waals surface area contributed by atoms with Crippen LogP contribution in [0.2, 0.25) is 5.02 Å². The molecule has 0 aromatic heterocycles. The van der Waals surface area contributed by atoms with Crippen molar-refractivity contribution >= 4 is 11.6 Å². The lowest BCUT2D eigenvalue weighted by Gasteiger charge is -2.18. The molecule has 1 aromatic rings. The van der Waals surface area contributed by atoms with Crippen molar-refractivity contribution in [2.75, 3.05) is 14.2 Å². The van der Waals surface area contributed by atoms with Crippen LogP contribution in [0.25, 0.3) is 0 Å². The first kappa shape index (κ1) is 13.3. The van der Waals surface area contributed by atoms with Gasteiger partial charge in [-0.3, -0.25) is 0 Å². The van der Waals surface area contributed by atoms with Crippen LogP contribution < -0.4 is 4.74 Å². The molecule has 0 bridgehead atoms. The van der Waals surface area contributed by atoms with E-state index in [1.54, 1.807) is 32.4 Å². The molecule has 0 aliphatic carbocycles. The van der Waals surface area contributed by atoms with Crippen LogP contribution in [-0.4, -0.2) is 31.5 Å². The summed E-state index contributed by atoms with van der Waals surface area (Å²) < 4.78 is 10.3. The molecular formula is C12H17ClO3. The predicted molar refractivity (Wildman–Crippen MR) is 64.2 cm³/mol. The molecule has 0 saturated heterocycles. The second kappa shape index (κ2) is 6.09. The molecule has 1 rings (SSSR count). The Balaban J connectivity index is 2.82. The molecule has 0 saturated carbocycles. The van der Waals surface area contributed by atoms with Gasteiger partial charge in [0.15, 0.2) is 0 Å². The van der Waals surface area contributed by atoms with Gasteiger partial charge in [0.25, 0.3) is 0 Å². The van der Waals surface area contributed by atoms with E-state index >= 15 is 0 Å². The highest BCUT2D eigenvalue weighted by molar-refractivity contribution is 6.30. The molecule has 1 aromatic carbocycles. The van der Waals surface area contributed by atoms with Gasteiger partial charge in [-0.15, -0.1) is 0 Å². The molecule has 2 unspecified atom stereocenters. The minimum Gasteiger partial charge on any atom is -0.496 e. The van der Waals surface area contributed by atoms with Gasteiger partial charge in [-0.2, -0.15) is 0 Å². The summed E-state index contributed by atoms with van der Waals surface area (Å²) in [6, 6.07) is 5.35. The van der Waals surface area contributed by atoms with Crippen LogP contribution in [0.5, 0.6) is 5.75 Å². The molecule has 3 nitrogen and oxygen atoms in total. The molecule has 2 atom stereocenters. The molecule has 4 heteroatoms. The number of rotatable bonds is 5. The van der Waals surface area contributed by atoms with E-state index in [0.29, 0.717) is 11.4 Å². The van der Waals surface area contributed by atoms with E-state index < -0.39 is 6.10 Å². The van der Waals surface area contributed by atoms with Crippen molar-refractivity contribution in [3.8, 4) is 5.75 Å². The molecule has 0 fully saturated rings. The van der Waals surface area contributed by atoms with Crippen molar-refractivity contribution in [2.45, 2.75) is 25.6 Å². The van der Waals surface area contributed by atoms with Crippen LogP contribution >= 0.6 is 11.6 Å². The zero-order valence-corrected chi connectivity index (χ0v) is 10.5. The highest BCUT2D eigenvalue weighted by Gasteiger charge is 2.16. The molecule has 0 radical (unpaired) electrons. The van der Waals surface area contributed by atoms with Crippen molar-refractivity contribution in [2.24, 2.45) is 0 Å². The Labute approximate surface area is 101 Å². The van der Waals surface area contributed by atoms with Gasteiger partial charge in [-0.1, -0.05) is 11.6 Å². The van der Waals surface area contributed by atoms with Crippen LogP contribution in [0.1, 0.15) is 12.5 Å². The third-order valence-electron chi connectivity index (χ3n) is 2.59. The zero-order valence-electron chi connectivity index (χ0n) is 9.74. The summed E-state index contributed by atoms with van der Waals surface area (Å²) in [5, 5.41) is 10.5. The average Bonchev–Trinajstić information content (AvgIpc) is 2.28. The van der Waals surface area contributed by atoms with E-state index in [1.807, 2.05) is 6.92 Å². The van der Waals surface area contributed by atoms with E-state index in [9.17, 15) is 5.11 Å². The lowest BCUT2D eigenvalue weighted by molar-refractivity contribution is 0.000180. The van der Waals surface area contributed by atoms with Crippen molar-refractivity contribution in [1.29, 1.82) is 0 Å². The van der Waals surface area contributed by atoms with Gasteiger partial charge in [0.1, 0.15) is 5.75 Å². The summed E-state index contributed by atoms with van der Waals surface area (Å²) in [5.74, 6) is 0.728. The smallest absolute Gasteiger partial charge is 0.122 e. The summed E-state index contributed by atoms with van der Waals surface area (Å²) in [6.07, 6.45) is -0.334. The molecule has 0 aliphatic rings. The highest BCUT2D eigenvalue weighted by atomic mass is 35.5. The van der Waals surface area contributed by atoms with Gasteiger partial charge in [-0.05, 0) is 30.7 Å². The Morgan fingerprint density at radius 2 is 2.06 bits per heavy atom. The van der Waals surface area contributed by atoms with Gasteiger partial charge in [0.2, 0.25) is 0 Å². The SMILES string of the molecule is COc1ccc(Cl)cc1CC(O)C(C)OC. The summed E-state index contributed by atoms with van der Waals surface area (Å²) in [6.45, 7) is 1.82. The maximum Gasteiger partial charge on any atom is 0.122 e. The average molecular weight is 245 g/mol. The lowest BCUT2D eigenvalue weighted by atomic mass is 10.0. The molecule has 1 N–H and O–H groups in total. The Hall–Kier alpha value is -0.770. The largest absolute Gasteiger partial charge is 0.496 e. The minimum absolute atomic E-state index is 0.219. The van der Waals surface area contributed by atoms with Gasteiger partial charge in [-0.25, -0.2) is 0 Å². The number of hydrogen-bond acceptors (Lipinski definition) is 3. The van der Waals surface area contributed by atoms with E-state index in [2.05, 4.69) is 0 Å². The number of aliphatic hydroxyl groups is 1. The summed E-state index contributed by atoms with van der Waals surface area (Å²) >= 11 is 5.90. The quantitative estimate of drug-likeness (QED) is 0.864. The number of benzene rings is 1. The third-order valence-corrected chi connectivity index (χ3v) is 2.82. The van der Waals surface area contributed by atoms with Crippen molar-refractivity contribution in [1.82, 2.24) is 0 Å². The lowest BCUT2D eigenvalue weighted by Crippen LogP contribution is -2.27. The fraction of sp³-hybridized carbons (Fsp3) is 0.500. The van der Waals surface area contributed by atoms with Gasteiger partial charge >= 0.3 is 0 Å². The Bertz CT molecular complexity index is 341. The molecule has 0 amide bonds. The van der Waals surface area contributed by atoms with Crippen molar-refractivity contribution in [3.63, 3.8) is 0 Å². The van der Waals surface area contributed by atoms with Crippen LogP contribution in [0, 0.1) is 0 Å². The summed E-state index contributed by atoms with van der Waals surface area (Å²) in [4.78, 5) is 0. The fourth-order valence-corrected chi connectivity index (χ4v) is 1.65. The van der Waals surface area contributed by atoms with E-state index in [1.165, 1.54) is 0 Å². The fourth-order valence-electron chi connectivity index (χ4n) is 1.46. The standard InChI is InChI=1S/C12H17ClO3/c1-8(15-2)11(14)7-9-6-10(13)4-5-12(9)16-3/h4-6,8,11,14H,7H2,1-3H3. The first-order chi connectivity index (χ1) is 7.58. The molecule has 0 aliphatic heterocycles. The maximum atomic E-state index is 9.86. The Kier molecular flexibility index (Phi) is 5.06. The van der Waals surface area contributed by atoms with Crippen molar-refractivity contribution in [3.05, 3.63) is 28.8 Å². The van der Waals surface area contributed by atoms with Crippen LogP contribution in [0.15, 0.2) is 18.2 Å². The number of ether oxygens (including phenoxy) is 2. The Morgan fingerprint density at radius 1 is 1.38 bits per heavy atom. The number of methoxy groups -OCH3 is 2. The van der Waals surface area contributed by atoms with Gasteiger partial charge in [0, 0.05) is 18.6 Å². The molecular weight excluding hydrogens is 228 g/mol. The monoisotopic (exact) mass is 244 g/mol. The number of halogens is 1. The topological polar surface area (TPSA) is 38.7 Å². The normalized spacial score (nSPS) is 14.6. The van der Waals surface area contributed by atoms with Crippen LogP contribution in [0.4, 0.5) is 0 Å².